The Morgan fingerprint density at radius 3 is 2.40 bits per heavy atom. The fourth-order valence-corrected chi connectivity index (χ4v) is 4.10. The number of hydrogen-bond acceptors (Lipinski definition) is 2. The first-order valence-electron chi connectivity index (χ1n) is 8.23. The molecular formula is C18H27NO. The monoisotopic (exact) mass is 272 g/mol. The largest absolute Gasteiger partial charge is 0.391 e. The van der Waals surface area contributed by atoms with Gasteiger partial charge in [-0.05, 0) is 62.7 Å². The van der Waals surface area contributed by atoms with Crippen molar-refractivity contribution in [1.29, 1.82) is 0 Å². The number of aryl methyl sites for hydroxylation is 1. The maximum absolute atomic E-state index is 10.2. The number of benzene rings is 1. The second-order valence-corrected chi connectivity index (χ2v) is 6.59. The normalized spacial score (nSPS) is 29.5. The molecule has 2 unspecified atom stereocenters. The molecule has 2 heteroatoms. The van der Waals surface area contributed by atoms with Gasteiger partial charge in [0.2, 0.25) is 0 Å². The minimum Gasteiger partial charge on any atom is -0.391 e. The molecule has 2 nitrogen and oxygen atoms in total. The number of aliphatic hydroxyl groups is 1. The van der Waals surface area contributed by atoms with E-state index in [-0.39, 0.29) is 6.10 Å². The number of aliphatic hydroxyl groups excluding tert-OH is 1. The SMILES string of the molecule is [11CH3]c1ccccc1C1CCN(C2CCCCC2O)CC1. The number of likely N-dealkylation sites (tertiary alicyclic amines) is 1. The van der Waals surface area contributed by atoms with Crippen molar-refractivity contribution >= 4 is 0 Å². The lowest BCUT2D eigenvalue weighted by Crippen LogP contribution is -2.48. The van der Waals surface area contributed by atoms with E-state index in [1.165, 1.54) is 43.2 Å². The van der Waals surface area contributed by atoms with Crippen LogP contribution in [-0.2, 0) is 0 Å². The van der Waals surface area contributed by atoms with Crippen molar-refractivity contribution < 1.29 is 5.11 Å². The van der Waals surface area contributed by atoms with Gasteiger partial charge in [0, 0.05) is 6.04 Å². The van der Waals surface area contributed by atoms with E-state index in [1.807, 2.05) is 0 Å². The molecule has 1 aromatic rings. The molecule has 20 heavy (non-hydrogen) atoms. The second kappa shape index (κ2) is 6.28. The summed E-state index contributed by atoms with van der Waals surface area (Å²) in [4.78, 5) is 2.55. The molecule has 0 amide bonds. The highest BCUT2D eigenvalue weighted by Crippen LogP contribution is 2.33. The summed E-state index contributed by atoms with van der Waals surface area (Å²) in [5, 5.41) is 10.2. The van der Waals surface area contributed by atoms with Crippen LogP contribution < -0.4 is 0 Å². The van der Waals surface area contributed by atoms with Gasteiger partial charge in [-0.15, -0.1) is 0 Å². The van der Waals surface area contributed by atoms with Crippen molar-refractivity contribution in [3.8, 4) is 0 Å². The maximum Gasteiger partial charge on any atom is 0.0695 e. The molecule has 1 saturated heterocycles. The van der Waals surface area contributed by atoms with Crippen LogP contribution in [0.2, 0.25) is 0 Å². The summed E-state index contributed by atoms with van der Waals surface area (Å²) in [6.45, 7) is 4.54. The van der Waals surface area contributed by atoms with Crippen LogP contribution >= 0.6 is 0 Å². The molecule has 2 aliphatic rings. The van der Waals surface area contributed by atoms with Gasteiger partial charge in [0.05, 0.1) is 6.10 Å². The number of hydrogen-bond donors (Lipinski definition) is 1. The molecule has 1 aromatic carbocycles. The third-order valence-electron chi connectivity index (χ3n) is 5.32. The molecule has 1 saturated carbocycles. The van der Waals surface area contributed by atoms with E-state index >= 15 is 0 Å². The van der Waals surface area contributed by atoms with Crippen LogP contribution in [0.5, 0.6) is 0 Å². The predicted octanol–water partition coefficient (Wildman–Crippen LogP) is 3.48. The number of piperidine rings is 1. The number of nitrogens with zero attached hydrogens (tertiary/aromatic N) is 1. The van der Waals surface area contributed by atoms with Crippen molar-refractivity contribution in [2.24, 2.45) is 0 Å². The van der Waals surface area contributed by atoms with Crippen molar-refractivity contribution in [2.45, 2.75) is 63.5 Å². The van der Waals surface area contributed by atoms with Gasteiger partial charge in [-0.2, -0.15) is 0 Å². The zero-order valence-electron chi connectivity index (χ0n) is 12.6. The minimum atomic E-state index is -0.0845. The molecular weight excluding hydrogens is 245 g/mol. The van der Waals surface area contributed by atoms with Crippen LogP contribution in [-0.4, -0.2) is 35.2 Å². The average Bonchev–Trinajstić information content (AvgIpc) is 2.49. The van der Waals surface area contributed by atoms with Gasteiger partial charge in [0.25, 0.3) is 0 Å². The van der Waals surface area contributed by atoms with Crippen LogP contribution in [0.15, 0.2) is 24.3 Å². The summed E-state index contributed by atoms with van der Waals surface area (Å²) >= 11 is 0. The highest BCUT2D eigenvalue weighted by Gasteiger charge is 2.31. The van der Waals surface area contributed by atoms with E-state index in [0.717, 1.165) is 19.5 Å². The molecule has 0 aromatic heterocycles. The maximum atomic E-state index is 10.2. The number of rotatable bonds is 2. The lowest BCUT2D eigenvalue weighted by atomic mass is 9.81. The van der Waals surface area contributed by atoms with E-state index in [1.54, 1.807) is 0 Å². The first-order valence-corrected chi connectivity index (χ1v) is 8.23. The third kappa shape index (κ3) is 2.91. The minimum absolute atomic E-state index is 0.0845. The molecule has 110 valence electrons. The molecule has 0 spiro atoms. The highest BCUT2D eigenvalue weighted by molar-refractivity contribution is 5.29. The Labute approximate surface area is 122 Å². The van der Waals surface area contributed by atoms with Gasteiger partial charge < -0.3 is 5.11 Å². The molecule has 0 bridgehead atoms. The predicted molar refractivity (Wildman–Crippen MR) is 83.0 cm³/mol. The van der Waals surface area contributed by atoms with Crippen molar-refractivity contribution in [3.63, 3.8) is 0 Å². The summed E-state index contributed by atoms with van der Waals surface area (Å²) in [5.74, 6) is 0.716. The van der Waals surface area contributed by atoms with Crippen molar-refractivity contribution in [1.82, 2.24) is 4.90 Å². The van der Waals surface area contributed by atoms with E-state index in [0.29, 0.717) is 12.0 Å². The van der Waals surface area contributed by atoms with Crippen LogP contribution in [0.1, 0.15) is 55.6 Å². The Morgan fingerprint density at radius 1 is 1.00 bits per heavy atom. The molecule has 3 rings (SSSR count). The standard InChI is InChI=1S/C18H27NO/c1-14-6-2-3-7-16(14)15-10-12-19(13-11-15)17-8-4-5-9-18(17)20/h2-3,6-7,15,17-18,20H,4-5,8-13H2,1H3/i1-1. The van der Waals surface area contributed by atoms with Crippen LogP contribution in [0.25, 0.3) is 0 Å². The Kier molecular flexibility index (Phi) is 4.42. The van der Waals surface area contributed by atoms with E-state index < -0.39 is 0 Å². The third-order valence-corrected chi connectivity index (χ3v) is 5.32. The summed E-state index contributed by atoms with van der Waals surface area (Å²) in [6, 6.07) is 9.26. The van der Waals surface area contributed by atoms with Crippen molar-refractivity contribution in [3.05, 3.63) is 35.4 Å². The second-order valence-electron chi connectivity index (χ2n) is 6.59. The smallest absolute Gasteiger partial charge is 0.0695 e. The van der Waals surface area contributed by atoms with Gasteiger partial charge in [0.15, 0.2) is 0 Å². The van der Waals surface area contributed by atoms with Crippen LogP contribution in [0.4, 0.5) is 0 Å². The summed E-state index contributed by atoms with van der Waals surface area (Å²) in [5.41, 5.74) is 2.97. The first kappa shape index (κ1) is 14.1. The van der Waals surface area contributed by atoms with Gasteiger partial charge in [-0.3, -0.25) is 4.90 Å². The topological polar surface area (TPSA) is 23.5 Å². The fourth-order valence-electron chi connectivity index (χ4n) is 4.10. The van der Waals surface area contributed by atoms with Gasteiger partial charge in [-0.25, -0.2) is 0 Å². The molecule has 1 N–H and O–H groups in total. The van der Waals surface area contributed by atoms with E-state index in [2.05, 4.69) is 36.1 Å². The molecule has 1 aliphatic carbocycles. The summed E-state index contributed by atoms with van der Waals surface area (Å²) in [6.07, 6.45) is 7.09. The molecule has 0 radical (unpaired) electrons. The van der Waals surface area contributed by atoms with Gasteiger partial charge in [0.1, 0.15) is 0 Å². The average molecular weight is 272 g/mol. The quantitative estimate of drug-likeness (QED) is 0.891. The van der Waals surface area contributed by atoms with Gasteiger partial charge >= 0.3 is 0 Å². The Bertz CT molecular complexity index is 437. The van der Waals surface area contributed by atoms with Crippen LogP contribution in [0, 0.1) is 6.92 Å². The lowest BCUT2D eigenvalue weighted by Gasteiger charge is -2.41. The summed E-state index contributed by atoms with van der Waals surface area (Å²) in [7, 11) is 0. The Balaban J connectivity index is 1.61. The lowest BCUT2D eigenvalue weighted by molar-refractivity contribution is 0.00868. The van der Waals surface area contributed by atoms with E-state index in [4.69, 9.17) is 0 Å². The first-order chi connectivity index (χ1) is 9.75. The van der Waals surface area contributed by atoms with E-state index in [9.17, 15) is 5.11 Å². The summed E-state index contributed by atoms with van der Waals surface area (Å²) < 4.78 is 0. The van der Waals surface area contributed by atoms with Crippen molar-refractivity contribution in [2.75, 3.05) is 13.1 Å². The highest BCUT2D eigenvalue weighted by atomic mass is 16.3. The molecule has 1 aliphatic heterocycles. The molecule has 1 heterocycles. The molecule has 2 fully saturated rings. The fraction of sp³-hybridized carbons (Fsp3) is 0.667. The Morgan fingerprint density at radius 2 is 1.70 bits per heavy atom. The van der Waals surface area contributed by atoms with Crippen LogP contribution in [0.3, 0.4) is 0 Å². The van der Waals surface area contributed by atoms with Gasteiger partial charge in [-0.1, -0.05) is 37.1 Å². The molecule has 2 atom stereocenters. The Hall–Kier alpha value is -0.860. The zero-order valence-corrected chi connectivity index (χ0v) is 12.6. The zero-order chi connectivity index (χ0) is 13.9.